The van der Waals surface area contributed by atoms with Crippen LogP contribution in [0.1, 0.15) is 27.0 Å². The Kier molecular flexibility index (Phi) is 9.28. The Morgan fingerprint density at radius 1 is 0.837 bits per heavy atom. The molecule has 43 heavy (non-hydrogen) atoms. The minimum Gasteiger partial charge on any atom is -0.492 e. The van der Waals surface area contributed by atoms with E-state index < -0.39 is 18.1 Å². The third-order valence-electron chi connectivity index (χ3n) is 6.72. The molecule has 10 heteroatoms. The van der Waals surface area contributed by atoms with E-state index >= 15 is 0 Å². The molecule has 4 aromatic carbocycles. The molecule has 0 radical (unpaired) electrons. The van der Waals surface area contributed by atoms with Gasteiger partial charge in [0.25, 0.3) is 0 Å². The number of hydrogen-bond acceptors (Lipinski definition) is 7. The molecule has 0 fully saturated rings. The smallest absolute Gasteiger partial charge is 0.408 e. The SMILES string of the molecule is O=C(NC(Cc1ccc(OCCn2c(=O)sc3cc(C(=O)c4ccccc4)ccc32)cc1)C(=O)O)OCc1ccccc1. The average molecular weight is 597 g/mol. The number of carbonyl (C=O) groups is 3. The molecule has 0 aliphatic carbocycles. The number of benzene rings is 4. The highest BCUT2D eigenvalue weighted by molar-refractivity contribution is 7.16. The molecular formula is C33H28N2O7S. The molecule has 2 N–H and O–H groups in total. The van der Waals surface area contributed by atoms with E-state index in [1.54, 1.807) is 71.3 Å². The van der Waals surface area contributed by atoms with Crippen LogP contribution in [0.5, 0.6) is 5.75 Å². The lowest BCUT2D eigenvalue weighted by Crippen LogP contribution is -2.42. The normalized spacial score (nSPS) is 11.5. The molecule has 0 saturated heterocycles. The number of ether oxygens (including phenoxy) is 2. The van der Waals surface area contributed by atoms with Gasteiger partial charge in [0.2, 0.25) is 0 Å². The van der Waals surface area contributed by atoms with E-state index in [0.717, 1.165) is 27.1 Å². The summed E-state index contributed by atoms with van der Waals surface area (Å²) in [5.74, 6) is -0.730. The van der Waals surface area contributed by atoms with Crippen molar-refractivity contribution < 1.29 is 29.0 Å². The maximum Gasteiger partial charge on any atom is 0.408 e. The second-order valence-corrected chi connectivity index (χ2v) is 10.7. The molecule has 5 aromatic rings. The molecule has 1 amide bonds. The summed E-state index contributed by atoms with van der Waals surface area (Å²) in [6, 6.07) is 29.0. The summed E-state index contributed by atoms with van der Waals surface area (Å²) < 4.78 is 13.3. The van der Waals surface area contributed by atoms with Gasteiger partial charge in [-0.2, -0.15) is 0 Å². The van der Waals surface area contributed by atoms with Crippen molar-refractivity contribution in [3.63, 3.8) is 0 Å². The van der Waals surface area contributed by atoms with Crippen molar-refractivity contribution in [3.05, 3.63) is 135 Å². The maximum atomic E-state index is 12.8. The molecule has 0 aliphatic heterocycles. The van der Waals surface area contributed by atoms with Crippen molar-refractivity contribution >= 4 is 39.4 Å². The molecule has 0 bridgehead atoms. The number of rotatable bonds is 12. The number of nitrogens with one attached hydrogen (secondary N) is 1. The number of nitrogens with zero attached hydrogens (tertiary/aromatic N) is 1. The number of thiazole rings is 1. The van der Waals surface area contributed by atoms with Crippen LogP contribution >= 0.6 is 11.3 Å². The quantitative estimate of drug-likeness (QED) is 0.188. The molecule has 1 heterocycles. The molecule has 5 rings (SSSR count). The minimum absolute atomic E-state index is 0.0350. The monoisotopic (exact) mass is 596 g/mol. The topological polar surface area (TPSA) is 124 Å². The number of amides is 1. The van der Waals surface area contributed by atoms with Crippen molar-refractivity contribution in [1.82, 2.24) is 9.88 Å². The zero-order valence-corrected chi connectivity index (χ0v) is 23.8. The number of carboxylic acids is 1. The molecule has 0 aliphatic rings. The second kappa shape index (κ2) is 13.6. The van der Waals surface area contributed by atoms with Crippen LogP contribution in [-0.2, 0) is 29.1 Å². The predicted molar refractivity (Wildman–Crippen MR) is 163 cm³/mol. The van der Waals surface area contributed by atoms with Crippen LogP contribution < -0.4 is 14.9 Å². The lowest BCUT2D eigenvalue weighted by molar-refractivity contribution is -0.139. The first-order chi connectivity index (χ1) is 20.9. The van der Waals surface area contributed by atoms with Gasteiger partial charge in [0.1, 0.15) is 25.0 Å². The summed E-state index contributed by atoms with van der Waals surface area (Å²) in [6.07, 6.45) is -0.757. The maximum absolute atomic E-state index is 12.8. The van der Waals surface area contributed by atoms with Gasteiger partial charge < -0.3 is 19.9 Å². The highest BCUT2D eigenvalue weighted by Gasteiger charge is 2.21. The second-order valence-electron chi connectivity index (χ2n) is 9.69. The van der Waals surface area contributed by atoms with Crippen molar-refractivity contribution in [2.24, 2.45) is 0 Å². The lowest BCUT2D eigenvalue weighted by atomic mass is 10.0. The van der Waals surface area contributed by atoms with Crippen LogP contribution in [0.25, 0.3) is 10.2 Å². The zero-order valence-electron chi connectivity index (χ0n) is 23.0. The van der Waals surface area contributed by atoms with Gasteiger partial charge in [-0.25, -0.2) is 9.59 Å². The van der Waals surface area contributed by atoms with Gasteiger partial charge in [-0.15, -0.1) is 0 Å². The molecule has 1 aromatic heterocycles. The van der Waals surface area contributed by atoms with E-state index in [0.29, 0.717) is 29.0 Å². The minimum atomic E-state index is -1.18. The first-order valence-corrected chi connectivity index (χ1v) is 14.3. The lowest BCUT2D eigenvalue weighted by Gasteiger charge is -2.15. The van der Waals surface area contributed by atoms with Gasteiger partial charge in [-0.05, 0) is 41.5 Å². The van der Waals surface area contributed by atoms with E-state index in [9.17, 15) is 24.3 Å². The van der Waals surface area contributed by atoms with E-state index in [4.69, 9.17) is 9.47 Å². The number of hydrogen-bond donors (Lipinski definition) is 2. The number of aliphatic carboxylic acids is 1. The van der Waals surface area contributed by atoms with Gasteiger partial charge in [-0.1, -0.05) is 84.1 Å². The number of carboxylic acid groups (broad SMARTS) is 1. The van der Waals surface area contributed by atoms with Gasteiger partial charge >= 0.3 is 16.9 Å². The summed E-state index contributed by atoms with van der Waals surface area (Å²) in [5.41, 5.74) is 3.32. The van der Waals surface area contributed by atoms with Gasteiger partial charge in [0, 0.05) is 17.5 Å². The largest absolute Gasteiger partial charge is 0.492 e. The molecule has 1 unspecified atom stereocenters. The number of aromatic nitrogens is 1. The highest BCUT2D eigenvalue weighted by atomic mass is 32.1. The molecule has 1 atom stereocenters. The van der Waals surface area contributed by atoms with E-state index in [1.165, 1.54) is 0 Å². The summed E-state index contributed by atoms with van der Waals surface area (Å²) >= 11 is 1.08. The fourth-order valence-corrected chi connectivity index (χ4v) is 5.45. The molecule has 0 saturated carbocycles. The van der Waals surface area contributed by atoms with Crippen molar-refractivity contribution in [1.29, 1.82) is 0 Å². The molecular weight excluding hydrogens is 568 g/mol. The van der Waals surface area contributed by atoms with Gasteiger partial charge in [0.05, 0.1) is 16.8 Å². The molecule has 218 valence electrons. The van der Waals surface area contributed by atoms with Gasteiger partial charge in [0.15, 0.2) is 5.78 Å². The summed E-state index contributed by atoms with van der Waals surface area (Å²) in [4.78, 5) is 49.2. The van der Waals surface area contributed by atoms with Gasteiger partial charge in [-0.3, -0.25) is 14.2 Å². The van der Waals surface area contributed by atoms with Crippen molar-refractivity contribution in [2.75, 3.05) is 6.61 Å². The van der Waals surface area contributed by atoms with Crippen LogP contribution in [0.3, 0.4) is 0 Å². The summed E-state index contributed by atoms with van der Waals surface area (Å²) in [5, 5.41) is 12.0. The Bertz CT molecular complexity index is 1780. The summed E-state index contributed by atoms with van der Waals surface area (Å²) in [7, 11) is 0. The number of ketones is 1. The van der Waals surface area contributed by atoms with E-state index in [2.05, 4.69) is 5.32 Å². The fourth-order valence-electron chi connectivity index (χ4n) is 4.49. The summed E-state index contributed by atoms with van der Waals surface area (Å²) in [6.45, 7) is 0.568. The third kappa shape index (κ3) is 7.55. The van der Waals surface area contributed by atoms with E-state index in [-0.39, 0.29) is 30.3 Å². The number of carbonyl (C=O) groups excluding carboxylic acids is 2. The first kappa shape index (κ1) is 29.3. The Balaban J connectivity index is 1.14. The number of alkyl carbamates (subject to hydrolysis) is 1. The molecule has 9 nitrogen and oxygen atoms in total. The standard InChI is InChI=1S/C33H28N2O7S/c36-30(24-9-5-2-6-10-24)25-13-16-28-29(20-25)43-33(40)35(28)17-18-41-26-14-11-22(12-15-26)19-27(31(37)38)34-32(39)42-21-23-7-3-1-4-8-23/h1-16,20,27H,17-19,21H2,(H,34,39)(H,37,38). The Labute approximate surface area is 250 Å². The van der Waals surface area contributed by atoms with Crippen molar-refractivity contribution in [3.8, 4) is 5.75 Å². The fraction of sp³-hybridized carbons (Fsp3) is 0.152. The highest BCUT2D eigenvalue weighted by Crippen LogP contribution is 2.21. The predicted octanol–water partition coefficient (Wildman–Crippen LogP) is 5.30. The molecule has 0 spiro atoms. The van der Waals surface area contributed by atoms with Crippen molar-refractivity contribution in [2.45, 2.75) is 25.6 Å². The number of fused-ring (bicyclic) bond motifs is 1. The van der Waals surface area contributed by atoms with E-state index in [1.807, 2.05) is 36.4 Å². The van der Waals surface area contributed by atoms with Crippen LogP contribution in [0.4, 0.5) is 4.79 Å². The van der Waals surface area contributed by atoms with Crippen LogP contribution in [-0.4, -0.2) is 40.2 Å². The Morgan fingerprint density at radius 2 is 1.53 bits per heavy atom. The van der Waals surface area contributed by atoms with Crippen LogP contribution in [0, 0.1) is 0 Å². The average Bonchev–Trinajstić information content (AvgIpc) is 3.34. The first-order valence-electron chi connectivity index (χ1n) is 13.5. The van der Waals surface area contributed by atoms with Crippen LogP contribution in [0.2, 0.25) is 0 Å². The zero-order chi connectivity index (χ0) is 30.2. The Morgan fingerprint density at radius 3 is 2.23 bits per heavy atom. The third-order valence-corrected chi connectivity index (χ3v) is 7.66. The van der Waals surface area contributed by atoms with Crippen LogP contribution in [0.15, 0.2) is 108 Å². The Hall–Kier alpha value is -5.22.